The van der Waals surface area contributed by atoms with Gasteiger partial charge in [-0.05, 0) is 48.4 Å². The van der Waals surface area contributed by atoms with E-state index in [1.54, 1.807) is 36.8 Å². The topological polar surface area (TPSA) is 79.8 Å². The lowest BCUT2D eigenvalue weighted by Gasteiger charge is -2.09. The van der Waals surface area contributed by atoms with Crippen molar-refractivity contribution in [1.82, 2.24) is 15.0 Å². The second-order valence-corrected chi connectivity index (χ2v) is 6.53. The highest BCUT2D eigenvalue weighted by Gasteiger charge is 2.10. The van der Waals surface area contributed by atoms with Crippen molar-refractivity contribution in [2.75, 3.05) is 10.6 Å². The van der Waals surface area contributed by atoms with Gasteiger partial charge in [-0.3, -0.25) is 9.78 Å². The van der Waals surface area contributed by atoms with E-state index in [-0.39, 0.29) is 11.6 Å². The molecule has 0 fully saturated rings. The van der Waals surface area contributed by atoms with Crippen molar-refractivity contribution < 1.29 is 4.79 Å². The monoisotopic (exact) mass is 381 g/mol. The lowest BCUT2D eigenvalue weighted by atomic mass is 10.0. The Morgan fingerprint density at radius 1 is 0.828 bits per heavy atom. The highest BCUT2D eigenvalue weighted by atomic mass is 16.1. The first-order valence-corrected chi connectivity index (χ1v) is 9.16. The minimum atomic E-state index is -0.299. The van der Waals surface area contributed by atoms with Crippen molar-refractivity contribution in [3.63, 3.8) is 0 Å². The van der Waals surface area contributed by atoms with Crippen molar-refractivity contribution in [2.45, 2.75) is 6.92 Å². The number of aryl methyl sites for hydroxylation is 1. The summed E-state index contributed by atoms with van der Waals surface area (Å²) in [6.45, 7) is 2.06. The molecule has 4 rings (SSSR count). The van der Waals surface area contributed by atoms with E-state index in [1.165, 1.54) is 5.56 Å². The van der Waals surface area contributed by atoms with Crippen molar-refractivity contribution >= 4 is 23.2 Å². The van der Waals surface area contributed by atoms with E-state index in [4.69, 9.17) is 0 Å². The van der Waals surface area contributed by atoms with E-state index in [0.717, 1.165) is 16.8 Å². The number of anilines is 3. The zero-order valence-electron chi connectivity index (χ0n) is 15.8. The SMILES string of the molecule is Cc1cccc(-c2cccc(NC(=O)c3ccnc(Nc4ccncc4)n3)c2)c1. The van der Waals surface area contributed by atoms with Crippen LogP contribution >= 0.6 is 0 Å². The smallest absolute Gasteiger partial charge is 0.274 e. The first-order valence-electron chi connectivity index (χ1n) is 9.16. The van der Waals surface area contributed by atoms with Crippen LogP contribution in [0.2, 0.25) is 0 Å². The van der Waals surface area contributed by atoms with Crippen LogP contribution in [0.25, 0.3) is 11.1 Å². The second-order valence-electron chi connectivity index (χ2n) is 6.53. The average Bonchev–Trinajstić information content (AvgIpc) is 2.75. The third-order valence-electron chi connectivity index (χ3n) is 4.30. The van der Waals surface area contributed by atoms with Crippen LogP contribution in [0.1, 0.15) is 16.1 Å². The number of nitrogens with one attached hydrogen (secondary N) is 2. The predicted octanol–water partition coefficient (Wildman–Crippen LogP) is 4.84. The molecule has 0 aliphatic heterocycles. The number of hydrogen-bond acceptors (Lipinski definition) is 5. The molecule has 6 nitrogen and oxygen atoms in total. The molecule has 4 aromatic rings. The van der Waals surface area contributed by atoms with Gasteiger partial charge in [-0.1, -0.05) is 42.0 Å². The van der Waals surface area contributed by atoms with Crippen LogP contribution in [-0.2, 0) is 0 Å². The molecule has 0 radical (unpaired) electrons. The molecule has 0 aliphatic rings. The van der Waals surface area contributed by atoms with Crippen LogP contribution in [0, 0.1) is 6.92 Å². The number of rotatable bonds is 5. The maximum Gasteiger partial charge on any atom is 0.274 e. The summed E-state index contributed by atoms with van der Waals surface area (Å²) in [7, 11) is 0. The number of carbonyl (C=O) groups excluding carboxylic acids is 1. The Bertz CT molecular complexity index is 1140. The molecule has 0 spiro atoms. The van der Waals surface area contributed by atoms with Gasteiger partial charge in [0, 0.05) is 30.0 Å². The summed E-state index contributed by atoms with van der Waals surface area (Å²) in [5, 5.41) is 5.96. The fourth-order valence-corrected chi connectivity index (χ4v) is 2.91. The highest BCUT2D eigenvalue weighted by Crippen LogP contribution is 2.23. The van der Waals surface area contributed by atoms with Crippen LogP contribution in [0.5, 0.6) is 0 Å². The Balaban J connectivity index is 1.51. The third kappa shape index (κ3) is 4.62. The van der Waals surface area contributed by atoms with E-state index < -0.39 is 0 Å². The van der Waals surface area contributed by atoms with Crippen LogP contribution in [-0.4, -0.2) is 20.9 Å². The van der Waals surface area contributed by atoms with Crippen molar-refractivity contribution in [1.29, 1.82) is 0 Å². The molecule has 0 aliphatic carbocycles. The van der Waals surface area contributed by atoms with E-state index in [2.05, 4.69) is 50.7 Å². The second kappa shape index (κ2) is 8.31. The summed E-state index contributed by atoms with van der Waals surface area (Å²) in [5.74, 6) is 0.0453. The molecular formula is C23H19N5O. The van der Waals surface area contributed by atoms with Gasteiger partial charge < -0.3 is 10.6 Å². The molecular weight excluding hydrogens is 362 g/mol. The quantitative estimate of drug-likeness (QED) is 0.517. The first kappa shape index (κ1) is 18.3. The molecule has 2 aromatic heterocycles. The number of aromatic nitrogens is 3. The van der Waals surface area contributed by atoms with Crippen LogP contribution in [0.15, 0.2) is 85.3 Å². The number of carbonyl (C=O) groups is 1. The van der Waals surface area contributed by atoms with Crippen LogP contribution < -0.4 is 10.6 Å². The Hall–Kier alpha value is -4.06. The summed E-state index contributed by atoms with van der Waals surface area (Å²) in [4.78, 5) is 25.1. The minimum Gasteiger partial charge on any atom is -0.324 e. The zero-order chi connectivity index (χ0) is 20.1. The van der Waals surface area contributed by atoms with E-state index >= 15 is 0 Å². The van der Waals surface area contributed by atoms with Gasteiger partial charge in [-0.2, -0.15) is 0 Å². The van der Waals surface area contributed by atoms with Crippen molar-refractivity contribution in [3.05, 3.63) is 96.6 Å². The molecule has 0 saturated heterocycles. The summed E-state index contributed by atoms with van der Waals surface area (Å²) < 4.78 is 0. The van der Waals surface area contributed by atoms with Crippen molar-refractivity contribution in [2.24, 2.45) is 0 Å². The summed E-state index contributed by atoms with van der Waals surface area (Å²) in [5.41, 5.74) is 5.10. The molecule has 0 bridgehead atoms. The molecule has 0 unspecified atom stereocenters. The Morgan fingerprint density at radius 3 is 2.38 bits per heavy atom. The van der Waals surface area contributed by atoms with E-state index in [1.807, 2.05) is 30.3 Å². The van der Waals surface area contributed by atoms with Crippen LogP contribution in [0.4, 0.5) is 17.3 Å². The van der Waals surface area contributed by atoms with E-state index in [0.29, 0.717) is 11.6 Å². The van der Waals surface area contributed by atoms with Gasteiger partial charge in [0.1, 0.15) is 5.69 Å². The van der Waals surface area contributed by atoms with E-state index in [9.17, 15) is 4.79 Å². The maximum absolute atomic E-state index is 12.7. The molecule has 2 N–H and O–H groups in total. The van der Waals surface area contributed by atoms with Gasteiger partial charge in [0.05, 0.1) is 0 Å². The van der Waals surface area contributed by atoms with Gasteiger partial charge in [0.2, 0.25) is 5.95 Å². The maximum atomic E-state index is 12.7. The fourth-order valence-electron chi connectivity index (χ4n) is 2.91. The zero-order valence-corrected chi connectivity index (χ0v) is 15.8. The van der Waals surface area contributed by atoms with Gasteiger partial charge in [-0.25, -0.2) is 9.97 Å². The Morgan fingerprint density at radius 2 is 1.59 bits per heavy atom. The Kier molecular flexibility index (Phi) is 5.25. The standard InChI is InChI=1S/C23H19N5O/c1-16-4-2-5-17(14-16)18-6-3-7-20(15-18)26-22(29)21-10-13-25-23(28-21)27-19-8-11-24-12-9-19/h2-15H,1H3,(H,26,29)(H,24,25,27,28). The summed E-state index contributed by atoms with van der Waals surface area (Å²) in [6, 6.07) is 21.2. The lowest BCUT2D eigenvalue weighted by molar-refractivity contribution is 0.102. The number of amides is 1. The highest BCUT2D eigenvalue weighted by molar-refractivity contribution is 6.03. The molecule has 29 heavy (non-hydrogen) atoms. The van der Waals surface area contributed by atoms with Gasteiger partial charge in [-0.15, -0.1) is 0 Å². The van der Waals surface area contributed by atoms with Gasteiger partial charge in [0.15, 0.2) is 0 Å². The molecule has 2 aromatic carbocycles. The first-order chi connectivity index (χ1) is 14.2. The van der Waals surface area contributed by atoms with Gasteiger partial charge in [0.25, 0.3) is 5.91 Å². The number of nitrogens with zero attached hydrogens (tertiary/aromatic N) is 3. The average molecular weight is 381 g/mol. The van der Waals surface area contributed by atoms with Crippen molar-refractivity contribution in [3.8, 4) is 11.1 Å². The fraction of sp³-hybridized carbons (Fsp3) is 0.0435. The third-order valence-corrected chi connectivity index (χ3v) is 4.30. The predicted molar refractivity (Wildman–Crippen MR) is 114 cm³/mol. The molecule has 6 heteroatoms. The molecule has 0 saturated carbocycles. The normalized spacial score (nSPS) is 10.4. The molecule has 1 amide bonds. The largest absolute Gasteiger partial charge is 0.324 e. The molecule has 142 valence electrons. The number of benzene rings is 2. The summed E-state index contributed by atoms with van der Waals surface area (Å²) in [6.07, 6.45) is 4.88. The number of hydrogen-bond donors (Lipinski definition) is 2. The lowest BCUT2D eigenvalue weighted by Crippen LogP contribution is -2.14. The Labute approximate surface area is 168 Å². The molecule has 2 heterocycles. The van der Waals surface area contributed by atoms with Gasteiger partial charge >= 0.3 is 0 Å². The van der Waals surface area contributed by atoms with Crippen LogP contribution in [0.3, 0.4) is 0 Å². The minimum absolute atomic E-state index is 0.275. The molecule has 0 atom stereocenters. The summed E-state index contributed by atoms with van der Waals surface area (Å²) >= 11 is 0. The number of pyridine rings is 1.